The van der Waals surface area contributed by atoms with Crippen LogP contribution in [0.1, 0.15) is 58.4 Å². The number of esters is 3. The highest BCUT2D eigenvalue weighted by Gasteiger charge is 2.37. The van der Waals surface area contributed by atoms with Gasteiger partial charge in [-0.2, -0.15) is 0 Å². The summed E-state index contributed by atoms with van der Waals surface area (Å²) in [5.41, 5.74) is -3.06. The van der Waals surface area contributed by atoms with Gasteiger partial charge >= 0.3 is 29.8 Å². The number of aliphatic hydroxyl groups excluding tert-OH is 4. The third-order valence-corrected chi connectivity index (χ3v) is 3.40. The summed E-state index contributed by atoms with van der Waals surface area (Å²) in [5, 5.41) is 51.3. The van der Waals surface area contributed by atoms with Crippen LogP contribution in [0.5, 0.6) is 0 Å². The van der Waals surface area contributed by atoms with Gasteiger partial charge in [0.2, 0.25) is 0 Å². The number of aliphatic carboxylic acids is 2. The van der Waals surface area contributed by atoms with Crippen molar-refractivity contribution in [3.8, 4) is 0 Å². The van der Waals surface area contributed by atoms with Crippen molar-refractivity contribution in [2.24, 2.45) is 10.8 Å². The SMILES string of the molecule is C.C.C.C.C.C.CC(CO)(CO)C(=O)OCC(=O)O.CC(COC(=O)CO)(COC(=O)CO)C(=O)O. The number of rotatable bonds is 12. The van der Waals surface area contributed by atoms with Crippen LogP contribution in [-0.2, 0) is 38.2 Å². The molecular formula is C22H50O14. The molecule has 0 bridgehead atoms. The van der Waals surface area contributed by atoms with Crippen molar-refractivity contribution in [1.82, 2.24) is 0 Å². The van der Waals surface area contributed by atoms with E-state index in [2.05, 4.69) is 14.2 Å². The van der Waals surface area contributed by atoms with Crippen LogP contribution >= 0.6 is 0 Å². The van der Waals surface area contributed by atoms with Crippen LogP contribution in [-0.4, -0.2) is 107 Å². The Morgan fingerprint density at radius 1 is 0.611 bits per heavy atom. The number of carboxylic acids is 2. The Bertz CT molecular complexity index is 580. The van der Waals surface area contributed by atoms with Crippen molar-refractivity contribution in [2.75, 3.05) is 46.2 Å². The first-order chi connectivity index (χ1) is 13.8. The highest BCUT2D eigenvalue weighted by atomic mass is 16.6. The maximum atomic E-state index is 11.0. The average Bonchev–Trinajstić information content (AvgIpc) is 2.73. The molecule has 14 heteroatoms. The molecule has 0 amide bonds. The number of ether oxygens (including phenoxy) is 3. The molecule has 0 aliphatic carbocycles. The summed E-state index contributed by atoms with van der Waals surface area (Å²) in [7, 11) is 0. The lowest BCUT2D eigenvalue weighted by Gasteiger charge is -2.23. The number of carbonyl (C=O) groups is 5. The van der Waals surface area contributed by atoms with Gasteiger partial charge < -0.3 is 44.8 Å². The molecule has 0 aliphatic rings. The smallest absolute Gasteiger partial charge is 0.341 e. The van der Waals surface area contributed by atoms with Gasteiger partial charge in [0.1, 0.15) is 37.3 Å². The average molecular weight is 539 g/mol. The van der Waals surface area contributed by atoms with Crippen LogP contribution in [0.15, 0.2) is 0 Å². The lowest BCUT2D eigenvalue weighted by atomic mass is 9.93. The first-order valence-electron chi connectivity index (χ1n) is 8.19. The maximum Gasteiger partial charge on any atom is 0.341 e. The molecule has 14 nitrogen and oxygen atoms in total. The van der Waals surface area contributed by atoms with Gasteiger partial charge in [-0.1, -0.05) is 44.6 Å². The van der Waals surface area contributed by atoms with Crippen LogP contribution in [0.25, 0.3) is 0 Å². The number of aliphatic hydroxyl groups is 4. The van der Waals surface area contributed by atoms with E-state index >= 15 is 0 Å². The summed E-state index contributed by atoms with van der Waals surface area (Å²) in [6.07, 6.45) is 0. The van der Waals surface area contributed by atoms with Crippen LogP contribution in [0, 0.1) is 10.8 Å². The van der Waals surface area contributed by atoms with Crippen molar-refractivity contribution >= 4 is 29.8 Å². The van der Waals surface area contributed by atoms with Gasteiger partial charge in [-0.15, -0.1) is 0 Å². The minimum absolute atomic E-state index is 0. The molecule has 0 unspecified atom stereocenters. The second kappa shape index (κ2) is 26.8. The molecule has 0 spiro atoms. The van der Waals surface area contributed by atoms with Crippen LogP contribution in [0.3, 0.4) is 0 Å². The van der Waals surface area contributed by atoms with Gasteiger partial charge in [0.15, 0.2) is 6.61 Å². The van der Waals surface area contributed by atoms with Gasteiger partial charge in [0.25, 0.3) is 0 Å². The van der Waals surface area contributed by atoms with E-state index < -0.39 is 86.9 Å². The van der Waals surface area contributed by atoms with Crippen molar-refractivity contribution in [1.29, 1.82) is 0 Å². The maximum absolute atomic E-state index is 11.0. The van der Waals surface area contributed by atoms with Crippen LogP contribution in [0.4, 0.5) is 0 Å². The standard InChI is InChI=1S/C9H14O8.C7H12O6.6CH4/c1-9(8(14)15,4-16-6(12)2-10)5-17-7(13)3-11;1-7(3-8,4-9)6(12)13-2-5(10)11;;;;;;/h10-11H,2-5H2,1H3,(H,14,15);8-9H,2-4H2,1H3,(H,10,11);6*1H4. The highest BCUT2D eigenvalue weighted by Crippen LogP contribution is 2.18. The molecule has 0 aromatic heterocycles. The second-order valence-corrected chi connectivity index (χ2v) is 6.35. The summed E-state index contributed by atoms with van der Waals surface area (Å²) in [4.78, 5) is 53.3. The van der Waals surface area contributed by atoms with Crippen molar-refractivity contribution < 1.29 is 68.8 Å². The summed E-state index contributed by atoms with van der Waals surface area (Å²) < 4.78 is 13.2. The topological polar surface area (TPSA) is 234 Å². The molecule has 222 valence electrons. The van der Waals surface area contributed by atoms with Gasteiger partial charge in [0, 0.05) is 0 Å². The number of hydrogen-bond donors (Lipinski definition) is 6. The van der Waals surface area contributed by atoms with E-state index in [1.807, 2.05) is 0 Å². The quantitative estimate of drug-likeness (QED) is 0.147. The Kier molecular flexibility index (Phi) is 40.3. The summed E-state index contributed by atoms with van der Waals surface area (Å²) in [6.45, 7) is -2.33. The fourth-order valence-corrected chi connectivity index (χ4v) is 1.22. The first kappa shape index (κ1) is 54.2. The number of carboxylic acid groups (broad SMARTS) is 2. The summed E-state index contributed by atoms with van der Waals surface area (Å²) >= 11 is 0. The zero-order valence-corrected chi connectivity index (χ0v) is 16.4. The zero-order valence-electron chi connectivity index (χ0n) is 16.4. The summed E-state index contributed by atoms with van der Waals surface area (Å²) in [6, 6.07) is 0. The normalized spacial score (nSPS) is 9.06. The predicted octanol–water partition coefficient (Wildman–Crippen LogP) is 0.570. The molecule has 0 rings (SSSR count). The predicted molar refractivity (Wildman–Crippen MR) is 133 cm³/mol. The van der Waals surface area contributed by atoms with Crippen molar-refractivity contribution in [3.63, 3.8) is 0 Å². The molecule has 0 aromatic carbocycles. The Labute approximate surface area is 214 Å². The largest absolute Gasteiger partial charge is 0.481 e. The van der Waals surface area contributed by atoms with Crippen molar-refractivity contribution in [3.05, 3.63) is 0 Å². The molecule has 0 radical (unpaired) electrons. The zero-order chi connectivity index (χ0) is 24.0. The van der Waals surface area contributed by atoms with E-state index in [1.54, 1.807) is 0 Å². The van der Waals surface area contributed by atoms with E-state index in [0.717, 1.165) is 0 Å². The lowest BCUT2D eigenvalue weighted by molar-refractivity contribution is -0.168. The van der Waals surface area contributed by atoms with Crippen LogP contribution in [0.2, 0.25) is 0 Å². The minimum Gasteiger partial charge on any atom is -0.481 e. The number of hydrogen-bond acceptors (Lipinski definition) is 12. The third kappa shape index (κ3) is 21.7. The molecule has 0 aliphatic heterocycles. The fourth-order valence-electron chi connectivity index (χ4n) is 1.22. The van der Waals surface area contributed by atoms with E-state index in [9.17, 15) is 24.0 Å². The molecule has 0 saturated heterocycles. The summed E-state index contributed by atoms with van der Waals surface area (Å²) in [5.74, 6) is -5.52. The third-order valence-electron chi connectivity index (χ3n) is 3.40. The lowest BCUT2D eigenvalue weighted by Crippen LogP contribution is -2.39. The molecule has 36 heavy (non-hydrogen) atoms. The Balaban J connectivity index is -0.0000000636. The van der Waals surface area contributed by atoms with Crippen LogP contribution < -0.4 is 0 Å². The Morgan fingerprint density at radius 3 is 1.17 bits per heavy atom. The first-order valence-corrected chi connectivity index (χ1v) is 8.19. The molecule has 0 heterocycles. The molecule has 0 fully saturated rings. The van der Waals surface area contributed by atoms with E-state index in [-0.39, 0.29) is 44.6 Å². The van der Waals surface area contributed by atoms with E-state index in [0.29, 0.717) is 0 Å². The van der Waals surface area contributed by atoms with Crippen molar-refractivity contribution in [2.45, 2.75) is 58.4 Å². The highest BCUT2D eigenvalue weighted by molar-refractivity contribution is 5.79. The molecule has 6 N–H and O–H groups in total. The minimum atomic E-state index is -1.63. The van der Waals surface area contributed by atoms with E-state index in [1.165, 1.54) is 13.8 Å². The Hall–Kier alpha value is -2.81. The molecule has 0 aromatic rings. The molecule has 0 atom stereocenters. The molecular weight excluding hydrogens is 488 g/mol. The monoisotopic (exact) mass is 538 g/mol. The second-order valence-electron chi connectivity index (χ2n) is 6.35. The molecule has 0 saturated carbocycles. The fraction of sp³-hybridized carbons (Fsp3) is 0.773. The van der Waals surface area contributed by atoms with E-state index in [4.69, 9.17) is 30.6 Å². The van der Waals surface area contributed by atoms with Gasteiger partial charge in [-0.3, -0.25) is 9.59 Å². The van der Waals surface area contributed by atoms with Gasteiger partial charge in [-0.05, 0) is 13.8 Å². The Morgan fingerprint density at radius 2 is 0.944 bits per heavy atom. The van der Waals surface area contributed by atoms with Gasteiger partial charge in [-0.25, -0.2) is 14.4 Å². The number of carbonyl (C=O) groups excluding carboxylic acids is 3. The van der Waals surface area contributed by atoms with Gasteiger partial charge in [0.05, 0.1) is 13.2 Å².